The highest BCUT2D eigenvalue weighted by Crippen LogP contribution is 2.22. The molecule has 0 bridgehead atoms. The van der Waals surface area contributed by atoms with Gasteiger partial charge in [0.15, 0.2) is 12.3 Å². The van der Waals surface area contributed by atoms with Crippen molar-refractivity contribution in [2.75, 3.05) is 13.2 Å². The van der Waals surface area contributed by atoms with Crippen LogP contribution in [-0.4, -0.2) is 31.1 Å². The van der Waals surface area contributed by atoms with E-state index in [4.69, 9.17) is 14.2 Å². The molecule has 0 N–H and O–H groups in total. The fourth-order valence-electron chi connectivity index (χ4n) is 2.74. The van der Waals surface area contributed by atoms with Crippen molar-refractivity contribution in [2.24, 2.45) is 4.99 Å². The van der Waals surface area contributed by atoms with E-state index < -0.39 is 11.9 Å². The molecule has 29 heavy (non-hydrogen) atoms. The van der Waals surface area contributed by atoms with Gasteiger partial charge in [-0.15, -0.1) is 0 Å². The third-order valence-corrected chi connectivity index (χ3v) is 4.27. The summed E-state index contributed by atoms with van der Waals surface area (Å²) in [6.07, 6.45) is 1.62. The van der Waals surface area contributed by atoms with Crippen molar-refractivity contribution >= 4 is 23.9 Å². The van der Waals surface area contributed by atoms with E-state index in [1.165, 1.54) is 5.56 Å². The van der Waals surface area contributed by atoms with Crippen LogP contribution in [0.25, 0.3) is 6.08 Å². The van der Waals surface area contributed by atoms with Crippen LogP contribution in [0.15, 0.2) is 59.2 Å². The van der Waals surface area contributed by atoms with E-state index in [-0.39, 0.29) is 18.2 Å². The maximum absolute atomic E-state index is 12.2. The Morgan fingerprint density at radius 3 is 2.62 bits per heavy atom. The zero-order chi connectivity index (χ0) is 20.8. The van der Waals surface area contributed by atoms with E-state index in [1.807, 2.05) is 30.3 Å². The molecule has 0 amide bonds. The number of cyclic esters (lactones) is 1. The molecule has 0 fully saturated rings. The largest absolute Gasteiger partial charge is 0.482 e. The Balaban J connectivity index is 1.75. The van der Waals surface area contributed by atoms with E-state index in [9.17, 15) is 9.59 Å². The summed E-state index contributed by atoms with van der Waals surface area (Å²) in [5.41, 5.74) is 2.86. The van der Waals surface area contributed by atoms with E-state index in [2.05, 4.69) is 18.8 Å². The molecule has 2 aromatic carbocycles. The number of hydrogen-bond acceptors (Lipinski definition) is 6. The van der Waals surface area contributed by atoms with Crippen molar-refractivity contribution in [3.05, 3.63) is 70.9 Å². The van der Waals surface area contributed by atoms with Gasteiger partial charge >= 0.3 is 11.9 Å². The van der Waals surface area contributed by atoms with Gasteiger partial charge < -0.3 is 14.2 Å². The molecule has 0 saturated heterocycles. The van der Waals surface area contributed by atoms with Gasteiger partial charge in [-0.25, -0.2) is 14.6 Å². The van der Waals surface area contributed by atoms with Gasteiger partial charge in [0.1, 0.15) is 5.75 Å². The number of benzene rings is 2. The van der Waals surface area contributed by atoms with E-state index >= 15 is 0 Å². The maximum atomic E-state index is 12.2. The smallest absolute Gasteiger partial charge is 0.363 e. The number of carbonyl (C=O) groups excluding carboxylic acids is 2. The molecule has 1 aliphatic rings. The predicted octanol–water partition coefficient (Wildman–Crippen LogP) is 4.10. The van der Waals surface area contributed by atoms with Crippen molar-refractivity contribution < 1.29 is 23.8 Å². The Hall–Kier alpha value is -3.41. The molecule has 6 heteroatoms. The van der Waals surface area contributed by atoms with Crippen LogP contribution in [-0.2, 0) is 19.1 Å². The molecule has 0 saturated carbocycles. The number of hydrogen-bond donors (Lipinski definition) is 0. The molecular formula is C23H23NO5. The van der Waals surface area contributed by atoms with Crippen LogP contribution in [0.4, 0.5) is 0 Å². The topological polar surface area (TPSA) is 74.2 Å². The molecule has 0 unspecified atom stereocenters. The SMILES string of the molecule is CCOC(=O)COc1cccc(/C=C2\N=C(c3ccc(C(C)C)cc3)OC2=O)c1. The minimum Gasteiger partial charge on any atom is -0.482 e. The predicted molar refractivity (Wildman–Crippen MR) is 110 cm³/mol. The van der Waals surface area contributed by atoms with Gasteiger partial charge in [-0.2, -0.15) is 0 Å². The van der Waals surface area contributed by atoms with Crippen LogP contribution in [0.5, 0.6) is 5.75 Å². The van der Waals surface area contributed by atoms with E-state index in [0.29, 0.717) is 23.8 Å². The van der Waals surface area contributed by atoms with E-state index in [0.717, 1.165) is 5.56 Å². The van der Waals surface area contributed by atoms with Crippen LogP contribution in [0.1, 0.15) is 43.4 Å². The van der Waals surface area contributed by atoms with Gasteiger partial charge in [-0.1, -0.05) is 38.1 Å². The van der Waals surface area contributed by atoms with E-state index in [1.54, 1.807) is 31.2 Å². The Morgan fingerprint density at radius 1 is 1.17 bits per heavy atom. The maximum Gasteiger partial charge on any atom is 0.363 e. The van der Waals surface area contributed by atoms with Gasteiger partial charge in [-0.05, 0) is 54.3 Å². The molecule has 0 atom stereocenters. The second-order valence-electron chi connectivity index (χ2n) is 6.78. The summed E-state index contributed by atoms with van der Waals surface area (Å²) >= 11 is 0. The first-order valence-electron chi connectivity index (χ1n) is 9.47. The third-order valence-electron chi connectivity index (χ3n) is 4.27. The lowest BCUT2D eigenvalue weighted by atomic mass is 10.0. The summed E-state index contributed by atoms with van der Waals surface area (Å²) in [7, 11) is 0. The Morgan fingerprint density at radius 2 is 1.93 bits per heavy atom. The molecule has 6 nitrogen and oxygen atoms in total. The number of aliphatic imine (C=N–C) groups is 1. The monoisotopic (exact) mass is 393 g/mol. The second-order valence-corrected chi connectivity index (χ2v) is 6.78. The lowest BCUT2D eigenvalue weighted by molar-refractivity contribution is -0.145. The average molecular weight is 393 g/mol. The minimum atomic E-state index is -0.509. The van der Waals surface area contributed by atoms with Crippen molar-refractivity contribution in [2.45, 2.75) is 26.7 Å². The highest BCUT2D eigenvalue weighted by Gasteiger charge is 2.24. The quantitative estimate of drug-likeness (QED) is 0.523. The molecule has 0 aliphatic carbocycles. The lowest BCUT2D eigenvalue weighted by Gasteiger charge is -2.06. The first-order chi connectivity index (χ1) is 14.0. The molecule has 0 aromatic heterocycles. The zero-order valence-electron chi connectivity index (χ0n) is 16.7. The Labute approximate surface area is 169 Å². The van der Waals surface area contributed by atoms with Gasteiger partial charge in [-0.3, -0.25) is 0 Å². The Kier molecular flexibility index (Phi) is 6.44. The summed E-state index contributed by atoms with van der Waals surface area (Å²) in [6.45, 7) is 6.10. The Bertz CT molecular complexity index is 957. The third kappa shape index (κ3) is 5.31. The molecular weight excluding hydrogens is 370 g/mol. The molecule has 0 radical (unpaired) electrons. The summed E-state index contributed by atoms with van der Waals surface area (Å²) < 4.78 is 15.6. The standard InChI is InChI=1S/C23H23NO5/c1-4-27-21(25)14-28-19-7-5-6-16(12-19)13-20-23(26)29-22(24-20)18-10-8-17(9-11-18)15(2)3/h5-13,15H,4,14H2,1-3H3/b20-13-. The van der Waals surface area contributed by atoms with Gasteiger partial charge in [0.05, 0.1) is 6.61 Å². The molecule has 1 heterocycles. The van der Waals surface area contributed by atoms with Gasteiger partial charge in [0.25, 0.3) is 0 Å². The highest BCUT2D eigenvalue weighted by atomic mass is 16.6. The van der Waals surface area contributed by atoms with Crippen molar-refractivity contribution in [1.29, 1.82) is 0 Å². The zero-order valence-corrected chi connectivity index (χ0v) is 16.7. The first-order valence-corrected chi connectivity index (χ1v) is 9.47. The minimum absolute atomic E-state index is 0.176. The highest BCUT2D eigenvalue weighted by molar-refractivity contribution is 6.12. The van der Waals surface area contributed by atoms with Crippen LogP contribution in [0.2, 0.25) is 0 Å². The number of esters is 2. The van der Waals surface area contributed by atoms with Crippen LogP contribution < -0.4 is 4.74 Å². The summed E-state index contributed by atoms with van der Waals surface area (Å²) in [5, 5.41) is 0. The van der Waals surface area contributed by atoms with Crippen LogP contribution >= 0.6 is 0 Å². The van der Waals surface area contributed by atoms with Crippen LogP contribution in [0, 0.1) is 0 Å². The lowest BCUT2D eigenvalue weighted by Crippen LogP contribution is -2.14. The van der Waals surface area contributed by atoms with Crippen molar-refractivity contribution in [3.63, 3.8) is 0 Å². The summed E-state index contributed by atoms with van der Waals surface area (Å²) in [6, 6.07) is 14.8. The molecule has 150 valence electrons. The second kappa shape index (κ2) is 9.19. The number of nitrogens with zero attached hydrogens (tertiary/aromatic N) is 1. The van der Waals surface area contributed by atoms with Crippen molar-refractivity contribution in [1.82, 2.24) is 0 Å². The molecule has 1 aliphatic heterocycles. The first kappa shape index (κ1) is 20.3. The number of ether oxygens (including phenoxy) is 3. The summed E-state index contributed by atoms with van der Waals surface area (Å²) in [5.74, 6) is 0.253. The van der Waals surface area contributed by atoms with Crippen LogP contribution in [0.3, 0.4) is 0 Å². The van der Waals surface area contributed by atoms with Gasteiger partial charge in [0.2, 0.25) is 5.90 Å². The molecule has 0 spiro atoms. The molecule has 3 rings (SSSR count). The fraction of sp³-hybridized carbons (Fsp3) is 0.261. The van der Waals surface area contributed by atoms with Crippen molar-refractivity contribution in [3.8, 4) is 5.75 Å². The number of rotatable bonds is 7. The normalized spacial score (nSPS) is 14.7. The fourth-order valence-corrected chi connectivity index (χ4v) is 2.74. The average Bonchev–Trinajstić information content (AvgIpc) is 3.07. The number of carbonyl (C=O) groups is 2. The molecule has 2 aromatic rings. The summed E-state index contributed by atoms with van der Waals surface area (Å²) in [4.78, 5) is 28.0. The van der Waals surface area contributed by atoms with Gasteiger partial charge in [0, 0.05) is 5.56 Å².